The predicted molar refractivity (Wildman–Crippen MR) is 71.4 cm³/mol. The van der Waals surface area contributed by atoms with Gasteiger partial charge in [0.05, 0.1) is 11.6 Å². The summed E-state index contributed by atoms with van der Waals surface area (Å²) in [6.07, 6.45) is 1.51. The van der Waals surface area contributed by atoms with Gasteiger partial charge in [-0.25, -0.2) is 4.79 Å². The van der Waals surface area contributed by atoms with Crippen LogP contribution in [0.4, 0.5) is 0 Å². The van der Waals surface area contributed by atoms with E-state index in [1.165, 1.54) is 0 Å². The lowest BCUT2D eigenvalue weighted by atomic mass is 10.1. The van der Waals surface area contributed by atoms with Crippen molar-refractivity contribution in [2.45, 2.75) is 19.8 Å². The number of methoxy groups -OCH3 is 1. The second-order valence-corrected chi connectivity index (χ2v) is 4.81. The summed E-state index contributed by atoms with van der Waals surface area (Å²) in [5.74, 6) is -0.356. The minimum Gasteiger partial charge on any atom is -0.497 e. The maximum atomic E-state index is 11.2. The van der Waals surface area contributed by atoms with E-state index >= 15 is 0 Å². The van der Waals surface area contributed by atoms with Crippen LogP contribution in [0.1, 0.15) is 29.5 Å². The van der Waals surface area contributed by atoms with Crippen molar-refractivity contribution < 1.29 is 19.1 Å². The highest BCUT2D eigenvalue weighted by Gasteiger charge is 2.21. The highest BCUT2D eigenvalue weighted by Crippen LogP contribution is 2.35. The summed E-state index contributed by atoms with van der Waals surface area (Å²) < 4.78 is 11.3. The summed E-state index contributed by atoms with van der Waals surface area (Å²) in [4.78, 5) is 11.2. The number of carbonyl (C=O) groups is 1. The average Bonchev–Trinajstić information content (AvgIpc) is 2.69. The van der Waals surface area contributed by atoms with Crippen LogP contribution in [0.5, 0.6) is 5.75 Å². The molecule has 0 aliphatic heterocycles. The Morgan fingerprint density at radius 2 is 2.22 bits per heavy atom. The molecule has 0 fully saturated rings. The smallest absolute Gasteiger partial charge is 0.372 e. The molecule has 0 radical (unpaired) electrons. The van der Waals surface area contributed by atoms with Crippen LogP contribution in [-0.2, 0) is 6.42 Å². The Morgan fingerprint density at radius 3 is 2.78 bits per heavy atom. The van der Waals surface area contributed by atoms with Crippen molar-refractivity contribution in [2.75, 3.05) is 7.11 Å². The fraction of sp³-hybridized carbons (Fsp3) is 0.308. The third-order valence-electron chi connectivity index (χ3n) is 2.75. The van der Waals surface area contributed by atoms with Crippen molar-refractivity contribution in [3.05, 3.63) is 27.9 Å². The number of hydrogen-bond acceptors (Lipinski definition) is 3. The van der Waals surface area contributed by atoms with Crippen LogP contribution in [0.3, 0.4) is 0 Å². The number of halogens is 1. The minimum absolute atomic E-state index is 0.0146. The molecule has 0 aliphatic rings. The van der Waals surface area contributed by atoms with Gasteiger partial charge >= 0.3 is 5.97 Å². The van der Waals surface area contributed by atoms with E-state index in [2.05, 4.69) is 15.9 Å². The van der Waals surface area contributed by atoms with Crippen LogP contribution in [-0.4, -0.2) is 18.2 Å². The number of fused-ring (bicyclic) bond motifs is 1. The first-order chi connectivity index (χ1) is 8.58. The van der Waals surface area contributed by atoms with Crippen molar-refractivity contribution in [1.82, 2.24) is 0 Å². The highest BCUT2D eigenvalue weighted by molar-refractivity contribution is 9.10. The second kappa shape index (κ2) is 5.02. The van der Waals surface area contributed by atoms with E-state index in [1.807, 2.05) is 6.92 Å². The van der Waals surface area contributed by atoms with E-state index in [9.17, 15) is 9.90 Å². The molecule has 0 spiro atoms. The van der Waals surface area contributed by atoms with Gasteiger partial charge in [0.15, 0.2) is 0 Å². The molecule has 18 heavy (non-hydrogen) atoms. The van der Waals surface area contributed by atoms with E-state index < -0.39 is 5.97 Å². The van der Waals surface area contributed by atoms with Crippen LogP contribution in [0, 0.1) is 0 Å². The van der Waals surface area contributed by atoms with Gasteiger partial charge in [0.1, 0.15) is 11.3 Å². The van der Waals surface area contributed by atoms with Crippen molar-refractivity contribution in [1.29, 1.82) is 0 Å². The van der Waals surface area contributed by atoms with Crippen LogP contribution in [0.2, 0.25) is 0 Å². The summed E-state index contributed by atoms with van der Waals surface area (Å²) in [6, 6.07) is 3.56. The molecule has 0 amide bonds. The third-order valence-corrected chi connectivity index (χ3v) is 3.34. The Bertz CT molecular complexity index is 601. The minimum atomic E-state index is -1.04. The molecule has 2 rings (SSSR count). The van der Waals surface area contributed by atoms with Gasteiger partial charge in [0, 0.05) is 10.9 Å². The Hall–Kier alpha value is -1.49. The lowest BCUT2D eigenvalue weighted by Gasteiger charge is -2.02. The zero-order valence-corrected chi connectivity index (χ0v) is 11.7. The van der Waals surface area contributed by atoms with E-state index in [0.29, 0.717) is 22.2 Å². The van der Waals surface area contributed by atoms with Gasteiger partial charge in [0.2, 0.25) is 5.76 Å². The largest absolute Gasteiger partial charge is 0.497 e. The average molecular weight is 313 g/mol. The number of benzene rings is 1. The number of ether oxygens (including phenoxy) is 1. The standard InChI is InChI=1S/C13H13BrO4/c1-3-4-8-9-5-7(17-2)6-10(14)11(9)18-12(8)13(15)16/h5-6H,3-4H2,1-2H3,(H,15,16). The summed E-state index contributed by atoms with van der Waals surface area (Å²) in [6.45, 7) is 2.00. The van der Waals surface area contributed by atoms with E-state index in [-0.39, 0.29) is 5.76 Å². The Labute approximate surface area is 113 Å². The number of rotatable bonds is 4. The maximum absolute atomic E-state index is 11.2. The first-order valence-electron chi connectivity index (χ1n) is 5.60. The zero-order valence-electron chi connectivity index (χ0n) is 10.1. The lowest BCUT2D eigenvalue weighted by Crippen LogP contribution is -1.98. The molecule has 5 heteroatoms. The first-order valence-corrected chi connectivity index (χ1v) is 6.40. The van der Waals surface area contributed by atoms with Gasteiger partial charge < -0.3 is 14.3 Å². The molecular weight excluding hydrogens is 300 g/mol. The molecule has 0 saturated carbocycles. The quantitative estimate of drug-likeness (QED) is 0.931. The lowest BCUT2D eigenvalue weighted by molar-refractivity contribution is 0.0663. The first kappa shape index (κ1) is 13.0. The number of carboxylic acid groups (broad SMARTS) is 1. The van der Waals surface area contributed by atoms with Gasteiger partial charge in [-0.2, -0.15) is 0 Å². The van der Waals surface area contributed by atoms with E-state index in [4.69, 9.17) is 9.15 Å². The van der Waals surface area contributed by atoms with Gasteiger partial charge in [-0.05, 0) is 34.5 Å². The van der Waals surface area contributed by atoms with Gasteiger partial charge in [-0.15, -0.1) is 0 Å². The molecule has 0 unspecified atom stereocenters. The van der Waals surface area contributed by atoms with Gasteiger partial charge in [-0.1, -0.05) is 13.3 Å². The summed E-state index contributed by atoms with van der Waals surface area (Å²) in [5, 5.41) is 9.96. The van der Waals surface area contributed by atoms with Crippen LogP contribution in [0.25, 0.3) is 11.0 Å². The number of carboxylic acids is 1. The highest BCUT2D eigenvalue weighted by atomic mass is 79.9. The topological polar surface area (TPSA) is 59.7 Å². The van der Waals surface area contributed by atoms with E-state index in [0.717, 1.165) is 17.4 Å². The Balaban J connectivity index is 2.77. The van der Waals surface area contributed by atoms with Crippen LogP contribution < -0.4 is 4.74 Å². The zero-order chi connectivity index (χ0) is 13.3. The third kappa shape index (κ3) is 2.10. The molecule has 0 bridgehead atoms. The fourth-order valence-corrected chi connectivity index (χ4v) is 2.49. The van der Waals surface area contributed by atoms with E-state index in [1.54, 1.807) is 19.2 Å². The molecule has 96 valence electrons. The number of aromatic carboxylic acids is 1. The summed E-state index contributed by atoms with van der Waals surface area (Å²) in [7, 11) is 1.57. The normalized spacial score (nSPS) is 10.8. The van der Waals surface area contributed by atoms with Crippen LogP contribution in [0.15, 0.2) is 21.0 Å². The maximum Gasteiger partial charge on any atom is 0.372 e. The monoisotopic (exact) mass is 312 g/mol. The van der Waals surface area contributed by atoms with Crippen molar-refractivity contribution in [3.8, 4) is 5.75 Å². The number of hydrogen-bond donors (Lipinski definition) is 1. The second-order valence-electron chi connectivity index (χ2n) is 3.95. The predicted octanol–water partition coefficient (Wildman–Crippen LogP) is 3.85. The molecule has 1 heterocycles. The molecule has 0 aliphatic carbocycles. The Kier molecular flexibility index (Phi) is 3.61. The molecule has 0 atom stereocenters. The molecule has 1 aromatic carbocycles. The molecule has 1 aromatic heterocycles. The number of furan rings is 1. The molecule has 2 aromatic rings. The van der Waals surface area contributed by atoms with Gasteiger partial charge in [-0.3, -0.25) is 0 Å². The fourth-order valence-electron chi connectivity index (χ4n) is 1.97. The summed E-state index contributed by atoms with van der Waals surface area (Å²) >= 11 is 3.37. The van der Waals surface area contributed by atoms with Crippen LogP contribution >= 0.6 is 15.9 Å². The number of aryl methyl sites for hydroxylation is 1. The SMILES string of the molecule is CCCc1c(C(=O)O)oc2c(Br)cc(OC)cc12. The van der Waals surface area contributed by atoms with Gasteiger partial charge in [0.25, 0.3) is 0 Å². The Morgan fingerprint density at radius 1 is 1.50 bits per heavy atom. The van der Waals surface area contributed by atoms with Crippen molar-refractivity contribution >= 4 is 32.9 Å². The summed E-state index contributed by atoms with van der Waals surface area (Å²) in [5.41, 5.74) is 1.27. The molecular formula is C13H13BrO4. The van der Waals surface area contributed by atoms with Crippen molar-refractivity contribution in [3.63, 3.8) is 0 Å². The molecule has 4 nitrogen and oxygen atoms in total. The van der Waals surface area contributed by atoms with Crippen molar-refractivity contribution in [2.24, 2.45) is 0 Å². The molecule has 1 N–H and O–H groups in total. The molecule has 0 saturated heterocycles.